The maximum Gasteiger partial charge on any atom is 0.407 e. The number of hydrogen-bond acceptors (Lipinski definition) is 5. The van der Waals surface area contributed by atoms with E-state index in [9.17, 15) is 9.59 Å². The van der Waals surface area contributed by atoms with Crippen molar-refractivity contribution in [2.45, 2.75) is 37.6 Å². The highest BCUT2D eigenvalue weighted by Crippen LogP contribution is 2.44. The van der Waals surface area contributed by atoms with E-state index in [2.05, 4.69) is 34.9 Å². The van der Waals surface area contributed by atoms with Crippen molar-refractivity contribution in [3.8, 4) is 11.1 Å². The molecule has 202 valence electrons. The topological polar surface area (TPSA) is 79.9 Å². The van der Waals surface area contributed by atoms with Crippen LogP contribution in [0, 0.1) is 0 Å². The first-order valence-electron chi connectivity index (χ1n) is 13.6. The van der Waals surface area contributed by atoms with Crippen LogP contribution in [0.25, 0.3) is 11.1 Å². The Kier molecular flexibility index (Phi) is 7.21. The zero-order valence-electron chi connectivity index (χ0n) is 22.2. The summed E-state index contributed by atoms with van der Waals surface area (Å²) < 4.78 is 5.63. The van der Waals surface area contributed by atoms with Crippen molar-refractivity contribution >= 4 is 17.7 Å². The highest BCUT2D eigenvalue weighted by molar-refractivity contribution is 5.86. The van der Waals surface area contributed by atoms with Crippen molar-refractivity contribution in [2.24, 2.45) is 0 Å². The molecule has 7 nitrogen and oxygen atoms in total. The van der Waals surface area contributed by atoms with Crippen LogP contribution < -0.4 is 15.7 Å². The van der Waals surface area contributed by atoms with Gasteiger partial charge in [0.2, 0.25) is 5.91 Å². The van der Waals surface area contributed by atoms with E-state index in [0.717, 1.165) is 33.5 Å². The first kappa shape index (κ1) is 25.6. The lowest BCUT2D eigenvalue weighted by Crippen LogP contribution is -2.51. The number of carbonyl (C=O) groups is 2. The summed E-state index contributed by atoms with van der Waals surface area (Å²) in [6, 6.07) is 35.1. The Bertz CT molecular complexity index is 1450. The second-order valence-electron chi connectivity index (χ2n) is 10.1. The van der Waals surface area contributed by atoms with Crippen molar-refractivity contribution < 1.29 is 19.2 Å². The summed E-state index contributed by atoms with van der Waals surface area (Å²) in [7, 11) is 0. The molecule has 40 heavy (non-hydrogen) atoms. The molecule has 0 aromatic heterocycles. The molecular weight excluding hydrogens is 502 g/mol. The summed E-state index contributed by atoms with van der Waals surface area (Å²) in [5.41, 5.74) is 6.47. The van der Waals surface area contributed by atoms with Crippen LogP contribution >= 0.6 is 0 Å². The molecule has 1 saturated heterocycles. The molecule has 0 unspecified atom stereocenters. The first-order valence-corrected chi connectivity index (χ1v) is 13.6. The van der Waals surface area contributed by atoms with Crippen LogP contribution in [0.4, 0.5) is 10.5 Å². The van der Waals surface area contributed by atoms with Crippen LogP contribution in [0.1, 0.15) is 42.1 Å². The monoisotopic (exact) mass is 533 g/mol. The average Bonchev–Trinajstić information content (AvgIpc) is 3.56. The highest BCUT2D eigenvalue weighted by atomic mass is 16.7. The maximum atomic E-state index is 13.2. The predicted molar refractivity (Wildman–Crippen MR) is 153 cm³/mol. The number of para-hydroxylation sites is 1. The average molecular weight is 534 g/mol. The molecule has 1 heterocycles. The second-order valence-corrected chi connectivity index (χ2v) is 10.1. The van der Waals surface area contributed by atoms with Gasteiger partial charge in [0.15, 0.2) is 0 Å². The van der Waals surface area contributed by atoms with Gasteiger partial charge in [-0.25, -0.2) is 9.86 Å². The summed E-state index contributed by atoms with van der Waals surface area (Å²) in [6.07, 6.45) is -0.694. The van der Waals surface area contributed by atoms with Gasteiger partial charge in [-0.3, -0.25) is 9.63 Å². The van der Waals surface area contributed by atoms with Gasteiger partial charge in [-0.05, 0) is 46.9 Å². The van der Waals surface area contributed by atoms with Crippen molar-refractivity contribution in [3.05, 3.63) is 126 Å². The molecule has 2 aliphatic rings. The number of benzene rings is 4. The van der Waals surface area contributed by atoms with Gasteiger partial charge in [0.1, 0.15) is 24.9 Å². The number of carbonyl (C=O) groups excluding carboxylic acids is 2. The van der Waals surface area contributed by atoms with Crippen molar-refractivity contribution in [1.82, 2.24) is 10.6 Å². The Hall–Kier alpha value is -4.62. The van der Waals surface area contributed by atoms with Gasteiger partial charge in [0, 0.05) is 12.3 Å². The molecule has 0 bridgehead atoms. The maximum absolute atomic E-state index is 13.2. The van der Waals surface area contributed by atoms with Gasteiger partial charge in [-0.2, -0.15) is 0 Å². The van der Waals surface area contributed by atoms with Crippen molar-refractivity contribution in [3.63, 3.8) is 0 Å². The van der Waals surface area contributed by atoms with Gasteiger partial charge in [-0.1, -0.05) is 97.1 Å². The summed E-state index contributed by atoms with van der Waals surface area (Å²) in [5.74, 6) is -0.371. The summed E-state index contributed by atoms with van der Waals surface area (Å²) in [5, 5.41) is 7.47. The molecule has 0 saturated carbocycles. The Morgan fingerprint density at radius 2 is 1.43 bits per heavy atom. The fourth-order valence-corrected chi connectivity index (χ4v) is 5.52. The molecule has 7 heteroatoms. The van der Waals surface area contributed by atoms with E-state index in [4.69, 9.17) is 9.57 Å². The molecule has 1 fully saturated rings. The lowest BCUT2D eigenvalue weighted by atomic mass is 9.98. The number of nitrogens with zero attached hydrogens (tertiary/aromatic N) is 1. The molecule has 0 spiro atoms. The number of rotatable bonds is 7. The molecule has 2 amide bonds. The Labute approximate surface area is 233 Å². The van der Waals surface area contributed by atoms with Crippen LogP contribution in [0.2, 0.25) is 0 Å². The zero-order chi connectivity index (χ0) is 27.5. The van der Waals surface area contributed by atoms with Crippen LogP contribution in [0.15, 0.2) is 109 Å². The standard InChI is InChI=1S/C33H31N3O4/c1-22(34-33(38)39-21-29-27-18-10-8-16-25(27)26-17-9-11-19-28(26)29)32(37)35-31-20-30(23-12-4-2-5-13-23)40-36(31)24-14-6-3-7-15-24/h2-19,22,29-31H,20-21H2,1H3,(H,34,38)(H,35,37)/t22-,30+,31-/m0/s1. The minimum atomic E-state index is -0.802. The molecule has 4 aromatic rings. The van der Waals surface area contributed by atoms with Gasteiger partial charge in [-0.15, -0.1) is 0 Å². The molecule has 6 rings (SSSR count). The van der Waals surface area contributed by atoms with E-state index in [-0.39, 0.29) is 24.5 Å². The number of hydrogen-bond donors (Lipinski definition) is 2. The Morgan fingerprint density at radius 1 is 0.850 bits per heavy atom. The van der Waals surface area contributed by atoms with Crippen molar-refractivity contribution in [1.29, 1.82) is 0 Å². The van der Waals surface area contributed by atoms with E-state index in [1.807, 2.05) is 84.9 Å². The SMILES string of the molecule is C[C@H](NC(=O)OCC1c2ccccc2-c2ccccc21)C(=O)N[C@@H]1C[C@H](c2ccccc2)ON1c1ccccc1. The van der Waals surface area contributed by atoms with Crippen LogP contribution in [-0.4, -0.2) is 30.8 Å². The third-order valence-corrected chi connectivity index (χ3v) is 7.52. The molecule has 0 radical (unpaired) electrons. The van der Waals surface area contributed by atoms with E-state index in [0.29, 0.717) is 6.42 Å². The normalized spacial score (nSPS) is 18.5. The molecular formula is C33H31N3O4. The highest BCUT2D eigenvalue weighted by Gasteiger charge is 2.37. The zero-order valence-corrected chi connectivity index (χ0v) is 22.2. The van der Waals surface area contributed by atoms with Crippen LogP contribution in [-0.2, 0) is 14.4 Å². The first-order chi connectivity index (χ1) is 19.6. The van der Waals surface area contributed by atoms with Crippen LogP contribution in [0.3, 0.4) is 0 Å². The fraction of sp³-hybridized carbons (Fsp3) is 0.212. The molecule has 2 N–H and O–H groups in total. The van der Waals surface area contributed by atoms with E-state index in [1.54, 1.807) is 12.0 Å². The van der Waals surface area contributed by atoms with Gasteiger partial charge in [0.25, 0.3) is 0 Å². The summed E-state index contributed by atoms with van der Waals surface area (Å²) in [4.78, 5) is 32.2. The van der Waals surface area contributed by atoms with E-state index in [1.165, 1.54) is 0 Å². The van der Waals surface area contributed by atoms with E-state index >= 15 is 0 Å². The number of hydroxylamine groups is 1. The Balaban J connectivity index is 1.08. The number of anilines is 1. The minimum Gasteiger partial charge on any atom is -0.449 e. The lowest BCUT2D eigenvalue weighted by molar-refractivity contribution is -0.123. The molecule has 3 atom stereocenters. The third kappa shape index (κ3) is 5.16. The minimum absolute atomic E-state index is 0.0488. The molecule has 4 aromatic carbocycles. The fourth-order valence-electron chi connectivity index (χ4n) is 5.52. The summed E-state index contributed by atoms with van der Waals surface area (Å²) in [6.45, 7) is 1.83. The quantitative estimate of drug-likeness (QED) is 0.307. The lowest BCUT2D eigenvalue weighted by Gasteiger charge is -2.26. The largest absolute Gasteiger partial charge is 0.449 e. The summed E-state index contributed by atoms with van der Waals surface area (Å²) >= 11 is 0. The number of alkyl carbamates (subject to hydrolysis) is 1. The van der Waals surface area contributed by atoms with Crippen molar-refractivity contribution in [2.75, 3.05) is 11.7 Å². The number of ether oxygens (including phenoxy) is 1. The van der Waals surface area contributed by atoms with Gasteiger partial charge in [0.05, 0.1) is 5.69 Å². The van der Waals surface area contributed by atoms with E-state index < -0.39 is 18.3 Å². The third-order valence-electron chi connectivity index (χ3n) is 7.52. The van der Waals surface area contributed by atoms with Gasteiger partial charge < -0.3 is 15.4 Å². The van der Waals surface area contributed by atoms with Crippen LogP contribution in [0.5, 0.6) is 0 Å². The molecule has 1 aliphatic carbocycles. The Morgan fingerprint density at radius 3 is 2.08 bits per heavy atom. The second kappa shape index (κ2) is 11.2. The number of fused-ring (bicyclic) bond motifs is 3. The predicted octanol–water partition coefficient (Wildman–Crippen LogP) is 5.94. The number of nitrogens with one attached hydrogen (secondary N) is 2. The smallest absolute Gasteiger partial charge is 0.407 e. The number of amides is 2. The van der Waals surface area contributed by atoms with Gasteiger partial charge >= 0.3 is 6.09 Å². The molecule has 1 aliphatic heterocycles.